The average molecular weight is 409 g/mol. The number of hydrogen-bond acceptors (Lipinski definition) is 6. The van der Waals surface area contributed by atoms with Gasteiger partial charge in [-0.1, -0.05) is 29.4 Å². The van der Waals surface area contributed by atoms with Gasteiger partial charge in [0.05, 0.1) is 11.4 Å². The van der Waals surface area contributed by atoms with Crippen molar-refractivity contribution in [2.24, 2.45) is 12.2 Å². The Morgan fingerprint density at radius 2 is 1.87 bits per heavy atom. The van der Waals surface area contributed by atoms with E-state index in [0.29, 0.717) is 11.4 Å². The quantitative estimate of drug-likeness (QED) is 0.460. The van der Waals surface area contributed by atoms with Gasteiger partial charge in [-0.25, -0.2) is 4.79 Å². The zero-order valence-corrected chi connectivity index (χ0v) is 18.2. The molecule has 0 spiro atoms. The van der Waals surface area contributed by atoms with E-state index in [2.05, 4.69) is 15.6 Å². The minimum atomic E-state index is -0.352. The van der Waals surface area contributed by atoms with Crippen LogP contribution in [-0.2, 0) is 18.5 Å². The fourth-order valence-electron chi connectivity index (χ4n) is 2.76. The van der Waals surface area contributed by atoms with E-state index in [1.807, 2.05) is 77.1 Å². The van der Waals surface area contributed by atoms with Gasteiger partial charge in [0.2, 0.25) is 0 Å². The third-order valence-corrected chi connectivity index (χ3v) is 4.43. The van der Waals surface area contributed by atoms with Crippen molar-refractivity contribution in [3.05, 3.63) is 69.6 Å². The minimum absolute atomic E-state index is 0.281. The van der Waals surface area contributed by atoms with E-state index >= 15 is 0 Å². The third kappa shape index (κ3) is 4.94. The van der Waals surface area contributed by atoms with Gasteiger partial charge in [-0.2, -0.15) is 9.36 Å². The van der Waals surface area contributed by atoms with Gasteiger partial charge >= 0.3 is 5.69 Å². The maximum absolute atomic E-state index is 12.3. The summed E-state index contributed by atoms with van der Waals surface area (Å²) in [5.74, 6) is 0.693. The van der Waals surface area contributed by atoms with Crippen molar-refractivity contribution in [3.8, 4) is 11.4 Å². The van der Waals surface area contributed by atoms with E-state index in [0.717, 1.165) is 22.4 Å². The fraction of sp³-hybridized carbons (Fsp3) is 0.364. The zero-order valence-electron chi connectivity index (χ0n) is 18.2. The van der Waals surface area contributed by atoms with Crippen LogP contribution in [0, 0.1) is 6.92 Å². The topological polar surface area (TPSA) is 83.5 Å². The van der Waals surface area contributed by atoms with Gasteiger partial charge in [-0.15, -0.1) is 0 Å². The van der Waals surface area contributed by atoms with Crippen LogP contribution in [0.2, 0.25) is 0 Å². The predicted molar refractivity (Wildman–Crippen MR) is 115 cm³/mol. The van der Waals surface area contributed by atoms with Gasteiger partial charge in [0, 0.05) is 18.2 Å². The molecule has 0 amide bonds. The standard InChI is InChI=1S/C22H27N5O3/c1-15-9-7-12-20(27-21(28)26(6)24-25-27)19(15)14-29-18-11-8-10-17(13-18)16(2)23-30-22(3,4)5/h7-13H,14H2,1-6H3. The summed E-state index contributed by atoms with van der Waals surface area (Å²) < 4.78 is 8.52. The first kappa shape index (κ1) is 21.3. The summed E-state index contributed by atoms with van der Waals surface area (Å²) >= 11 is 0. The summed E-state index contributed by atoms with van der Waals surface area (Å²) in [7, 11) is 1.57. The largest absolute Gasteiger partial charge is 0.489 e. The summed E-state index contributed by atoms with van der Waals surface area (Å²) in [4.78, 5) is 17.8. The molecule has 0 unspecified atom stereocenters. The van der Waals surface area contributed by atoms with Crippen molar-refractivity contribution in [1.29, 1.82) is 0 Å². The third-order valence-electron chi connectivity index (χ3n) is 4.43. The molecule has 0 aliphatic rings. The van der Waals surface area contributed by atoms with Crippen LogP contribution in [0.1, 0.15) is 44.4 Å². The number of ether oxygens (including phenoxy) is 1. The molecule has 0 saturated heterocycles. The van der Waals surface area contributed by atoms with E-state index < -0.39 is 0 Å². The number of benzene rings is 2. The zero-order chi connectivity index (χ0) is 21.9. The predicted octanol–water partition coefficient (Wildman–Crippen LogP) is 3.39. The molecule has 0 bridgehead atoms. The number of oxime groups is 1. The van der Waals surface area contributed by atoms with Crippen LogP contribution in [0.4, 0.5) is 0 Å². The molecule has 0 aliphatic heterocycles. The van der Waals surface area contributed by atoms with E-state index in [1.54, 1.807) is 7.05 Å². The molecule has 30 heavy (non-hydrogen) atoms. The number of hydrogen-bond donors (Lipinski definition) is 0. The lowest BCUT2D eigenvalue weighted by Gasteiger charge is -2.16. The van der Waals surface area contributed by atoms with Crippen molar-refractivity contribution in [1.82, 2.24) is 19.8 Å². The van der Waals surface area contributed by atoms with Crippen LogP contribution in [0.3, 0.4) is 0 Å². The summed E-state index contributed by atoms with van der Waals surface area (Å²) in [5, 5.41) is 12.0. The molecule has 158 valence electrons. The Morgan fingerprint density at radius 3 is 2.53 bits per heavy atom. The average Bonchev–Trinajstić information content (AvgIpc) is 3.03. The van der Waals surface area contributed by atoms with Gasteiger partial charge in [0.25, 0.3) is 0 Å². The molecule has 3 rings (SSSR count). The van der Waals surface area contributed by atoms with Gasteiger partial charge in [-0.05, 0) is 68.8 Å². The Balaban J connectivity index is 1.83. The first-order valence-electron chi connectivity index (χ1n) is 9.69. The molecule has 1 aromatic heterocycles. The lowest BCUT2D eigenvalue weighted by Crippen LogP contribution is -2.23. The maximum atomic E-state index is 12.3. The molecular formula is C22H27N5O3. The SMILES string of the molecule is CC(=NOC(C)(C)C)c1cccc(OCc2c(C)cccc2-n2nnn(C)c2=O)c1. The number of nitrogens with zero attached hydrogens (tertiary/aromatic N) is 5. The van der Waals surface area contributed by atoms with Crippen LogP contribution in [0.25, 0.3) is 5.69 Å². The van der Waals surface area contributed by atoms with Gasteiger partial charge in [-0.3, -0.25) is 0 Å². The number of aromatic nitrogens is 4. The normalized spacial score (nSPS) is 12.1. The van der Waals surface area contributed by atoms with E-state index in [4.69, 9.17) is 9.57 Å². The van der Waals surface area contributed by atoms with Gasteiger partial charge in [0.15, 0.2) is 0 Å². The lowest BCUT2D eigenvalue weighted by atomic mass is 10.1. The Morgan fingerprint density at radius 1 is 1.13 bits per heavy atom. The first-order chi connectivity index (χ1) is 14.2. The Hall–Kier alpha value is -3.42. The molecule has 0 radical (unpaired) electrons. The Bertz CT molecular complexity index is 1120. The van der Waals surface area contributed by atoms with Crippen molar-refractivity contribution < 1.29 is 9.57 Å². The molecule has 8 heteroatoms. The highest BCUT2D eigenvalue weighted by Gasteiger charge is 2.14. The molecule has 0 fully saturated rings. The molecule has 0 aliphatic carbocycles. The lowest BCUT2D eigenvalue weighted by molar-refractivity contribution is 0.000954. The Labute approximate surface area is 175 Å². The number of aryl methyl sites for hydroxylation is 2. The molecule has 8 nitrogen and oxygen atoms in total. The summed E-state index contributed by atoms with van der Waals surface area (Å²) in [5.41, 5.74) is 3.53. The van der Waals surface area contributed by atoms with Crippen molar-refractivity contribution in [2.75, 3.05) is 0 Å². The van der Waals surface area contributed by atoms with E-state index in [9.17, 15) is 4.79 Å². The number of rotatable bonds is 6. The summed E-state index contributed by atoms with van der Waals surface area (Å²) in [6, 6.07) is 13.3. The smallest absolute Gasteiger partial charge is 0.368 e. The van der Waals surface area contributed by atoms with Gasteiger partial charge in [0.1, 0.15) is 18.0 Å². The molecule has 2 aromatic carbocycles. The van der Waals surface area contributed by atoms with Crippen molar-refractivity contribution in [2.45, 2.75) is 46.8 Å². The second-order valence-corrected chi connectivity index (χ2v) is 8.07. The molecular weight excluding hydrogens is 382 g/mol. The monoisotopic (exact) mass is 409 g/mol. The van der Waals surface area contributed by atoms with Crippen LogP contribution in [0.5, 0.6) is 5.75 Å². The molecule has 1 heterocycles. The highest BCUT2D eigenvalue weighted by molar-refractivity contribution is 5.98. The van der Waals surface area contributed by atoms with E-state index in [1.165, 1.54) is 9.36 Å². The molecule has 3 aromatic rings. The van der Waals surface area contributed by atoms with Crippen LogP contribution < -0.4 is 10.4 Å². The molecule has 0 atom stereocenters. The maximum Gasteiger partial charge on any atom is 0.368 e. The van der Waals surface area contributed by atoms with Gasteiger partial charge < -0.3 is 9.57 Å². The first-order valence-corrected chi connectivity index (χ1v) is 9.69. The molecule has 0 saturated carbocycles. The number of tetrazole rings is 1. The summed E-state index contributed by atoms with van der Waals surface area (Å²) in [6.07, 6.45) is 0. The van der Waals surface area contributed by atoms with Crippen LogP contribution in [0.15, 0.2) is 52.4 Å². The van der Waals surface area contributed by atoms with E-state index in [-0.39, 0.29) is 17.9 Å². The highest BCUT2D eigenvalue weighted by atomic mass is 16.6. The second-order valence-electron chi connectivity index (χ2n) is 8.07. The van der Waals surface area contributed by atoms with Crippen LogP contribution in [-0.4, -0.2) is 31.1 Å². The highest BCUT2D eigenvalue weighted by Crippen LogP contribution is 2.21. The van der Waals surface area contributed by atoms with Crippen LogP contribution >= 0.6 is 0 Å². The minimum Gasteiger partial charge on any atom is -0.489 e. The summed E-state index contributed by atoms with van der Waals surface area (Å²) in [6.45, 7) is 10.00. The second kappa shape index (κ2) is 8.52. The van der Waals surface area contributed by atoms with Crippen molar-refractivity contribution in [3.63, 3.8) is 0 Å². The van der Waals surface area contributed by atoms with Crippen molar-refractivity contribution >= 4 is 5.71 Å². The fourth-order valence-corrected chi connectivity index (χ4v) is 2.76. The Kier molecular flexibility index (Phi) is 6.05. The molecule has 0 N–H and O–H groups in total.